The average molecular weight is 547 g/mol. The number of carbonyl (C=O) groups excluding carboxylic acids is 3. The van der Waals surface area contributed by atoms with Gasteiger partial charge in [-0.15, -0.1) is 0 Å². The zero-order chi connectivity index (χ0) is 27.7. The maximum atomic E-state index is 13.7. The van der Waals surface area contributed by atoms with Gasteiger partial charge in [0.2, 0.25) is 17.7 Å². The maximum absolute atomic E-state index is 13.7. The Morgan fingerprint density at radius 3 is 2.55 bits per heavy atom. The lowest BCUT2D eigenvalue weighted by Gasteiger charge is -2.30. The van der Waals surface area contributed by atoms with Crippen molar-refractivity contribution >= 4 is 35.5 Å². The van der Waals surface area contributed by atoms with Crippen LogP contribution in [0.25, 0.3) is 0 Å². The lowest BCUT2D eigenvalue weighted by molar-refractivity contribution is -0.145. The van der Waals surface area contributed by atoms with Crippen LogP contribution < -0.4 is 16.4 Å². The molecule has 0 spiro atoms. The lowest BCUT2D eigenvalue weighted by atomic mass is 10.0. The number of aromatic hydroxyl groups is 1. The van der Waals surface area contributed by atoms with Crippen molar-refractivity contribution in [1.82, 2.24) is 25.5 Å². The summed E-state index contributed by atoms with van der Waals surface area (Å²) in [5, 5.41) is 24.4. The minimum atomic E-state index is -1.13. The zero-order valence-electron chi connectivity index (χ0n) is 21.1. The van der Waals surface area contributed by atoms with E-state index < -0.39 is 47.9 Å². The molecule has 0 aliphatic carbocycles. The summed E-state index contributed by atoms with van der Waals surface area (Å²) >= 11 is 1.48. The molecular weight excluding hydrogens is 512 g/mol. The van der Waals surface area contributed by atoms with Gasteiger partial charge in [-0.05, 0) is 49.0 Å². The molecule has 1 aromatic heterocycles. The lowest BCUT2D eigenvalue weighted by Crippen LogP contribution is -2.57. The van der Waals surface area contributed by atoms with E-state index in [1.807, 2.05) is 6.26 Å². The van der Waals surface area contributed by atoms with Crippen molar-refractivity contribution in [1.29, 1.82) is 0 Å². The number of aliphatic carboxylic acids is 1. The highest BCUT2D eigenvalue weighted by atomic mass is 32.2. The van der Waals surface area contributed by atoms with Gasteiger partial charge in [-0.2, -0.15) is 11.8 Å². The molecule has 3 amide bonds. The van der Waals surface area contributed by atoms with E-state index in [1.54, 1.807) is 18.3 Å². The Balaban J connectivity index is 1.75. The van der Waals surface area contributed by atoms with Crippen LogP contribution in [0.2, 0.25) is 0 Å². The first-order valence-electron chi connectivity index (χ1n) is 12.3. The number of aromatic amines is 1. The summed E-state index contributed by atoms with van der Waals surface area (Å²) in [5.74, 6) is -2.05. The standard InChI is InChI=1S/C25H34N6O6S/c1-38-10-8-19(25(36)37)29-23(34)21-3-2-9-31(21)24(35)20(11-15-4-6-17(32)7-5-15)30-22(33)18(26)12-16-13-27-14-28-16/h4-7,13-14,18-21,32H,2-3,8-12,26H2,1H3,(H,27,28)(H,29,34)(H,30,33)(H,36,37). The second-order valence-corrected chi connectivity index (χ2v) is 10.2. The average Bonchev–Trinajstić information content (AvgIpc) is 3.59. The summed E-state index contributed by atoms with van der Waals surface area (Å²) in [6.07, 6.45) is 6.38. The van der Waals surface area contributed by atoms with Gasteiger partial charge in [0.25, 0.3) is 0 Å². The number of carbonyl (C=O) groups is 4. The molecule has 12 nitrogen and oxygen atoms in total. The fraction of sp³-hybridized carbons (Fsp3) is 0.480. The van der Waals surface area contributed by atoms with Crippen molar-refractivity contribution in [3.05, 3.63) is 48.0 Å². The molecule has 206 valence electrons. The van der Waals surface area contributed by atoms with Crippen molar-refractivity contribution in [3.8, 4) is 5.75 Å². The van der Waals surface area contributed by atoms with Crippen molar-refractivity contribution in [2.75, 3.05) is 18.6 Å². The number of nitrogens with one attached hydrogen (secondary N) is 3. The zero-order valence-corrected chi connectivity index (χ0v) is 21.9. The Morgan fingerprint density at radius 2 is 1.92 bits per heavy atom. The molecule has 1 aromatic carbocycles. The van der Waals surface area contributed by atoms with Crippen LogP contribution in [0, 0.1) is 0 Å². The summed E-state index contributed by atoms with van der Waals surface area (Å²) in [6.45, 7) is 0.293. The van der Waals surface area contributed by atoms with Gasteiger partial charge in [-0.1, -0.05) is 12.1 Å². The Kier molecular flexibility index (Phi) is 10.5. The molecular formula is C25H34N6O6S. The fourth-order valence-corrected chi connectivity index (χ4v) is 4.81. The third kappa shape index (κ3) is 7.96. The molecule has 13 heteroatoms. The maximum Gasteiger partial charge on any atom is 0.326 e. The molecule has 1 saturated heterocycles. The number of phenolic OH excluding ortho intramolecular Hbond substituents is 1. The smallest absolute Gasteiger partial charge is 0.326 e. The van der Waals surface area contributed by atoms with Gasteiger partial charge in [0.05, 0.1) is 12.4 Å². The van der Waals surface area contributed by atoms with Gasteiger partial charge in [0.1, 0.15) is 23.9 Å². The number of aromatic nitrogens is 2. The van der Waals surface area contributed by atoms with E-state index in [0.717, 1.165) is 0 Å². The quantitative estimate of drug-likeness (QED) is 0.201. The van der Waals surface area contributed by atoms with E-state index in [-0.39, 0.29) is 25.0 Å². The summed E-state index contributed by atoms with van der Waals surface area (Å²) in [4.78, 5) is 59.5. The molecule has 7 N–H and O–H groups in total. The van der Waals surface area contributed by atoms with Crippen LogP contribution in [0.5, 0.6) is 5.75 Å². The second kappa shape index (κ2) is 13.8. The first-order valence-corrected chi connectivity index (χ1v) is 13.7. The topological polar surface area (TPSA) is 191 Å². The Morgan fingerprint density at radius 1 is 1.18 bits per heavy atom. The monoisotopic (exact) mass is 546 g/mol. The molecule has 0 bridgehead atoms. The van der Waals surface area contributed by atoms with E-state index in [2.05, 4.69) is 20.6 Å². The molecule has 1 aliphatic rings. The number of benzene rings is 1. The first kappa shape index (κ1) is 29.0. The van der Waals surface area contributed by atoms with E-state index in [4.69, 9.17) is 5.73 Å². The van der Waals surface area contributed by atoms with Crippen LogP contribution in [0.15, 0.2) is 36.8 Å². The number of nitrogens with zero attached hydrogens (tertiary/aromatic N) is 2. The number of carboxylic acid groups (broad SMARTS) is 1. The minimum Gasteiger partial charge on any atom is -0.508 e. The van der Waals surface area contributed by atoms with Gasteiger partial charge in [0.15, 0.2) is 0 Å². The molecule has 38 heavy (non-hydrogen) atoms. The predicted octanol–water partition coefficient (Wildman–Crippen LogP) is 0.0261. The number of imidazole rings is 1. The van der Waals surface area contributed by atoms with Gasteiger partial charge in [0, 0.05) is 31.3 Å². The Bertz CT molecular complexity index is 1100. The highest BCUT2D eigenvalue weighted by Gasteiger charge is 2.39. The van der Waals surface area contributed by atoms with Gasteiger partial charge >= 0.3 is 5.97 Å². The highest BCUT2D eigenvalue weighted by molar-refractivity contribution is 7.98. The molecule has 0 radical (unpaired) electrons. The fourth-order valence-electron chi connectivity index (χ4n) is 4.34. The molecule has 0 saturated carbocycles. The van der Waals surface area contributed by atoms with Crippen LogP contribution in [0.4, 0.5) is 0 Å². The van der Waals surface area contributed by atoms with E-state index >= 15 is 0 Å². The van der Waals surface area contributed by atoms with Crippen LogP contribution in [0.1, 0.15) is 30.5 Å². The predicted molar refractivity (Wildman–Crippen MR) is 141 cm³/mol. The van der Waals surface area contributed by atoms with Crippen molar-refractivity contribution in [2.24, 2.45) is 5.73 Å². The molecule has 2 aromatic rings. The second-order valence-electron chi connectivity index (χ2n) is 9.19. The summed E-state index contributed by atoms with van der Waals surface area (Å²) in [6, 6.07) is 2.37. The summed E-state index contributed by atoms with van der Waals surface area (Å²) < 4.78 is 0. The number of carboxylic acids is 1. The molecule has 2 heterocycles. The number of H-pyrrole nitrogens is 1. The third-order valence-electron chi connectivity index (χ3n) is 6.39. The number of phenols is 1. The highest BCUT2D eigenvalue weighted by Crippen LogP contribution is 2.21. The number of hydrogen-bond donors (Lipinski definition) is 6. The van der Waals surface area contributed by atoms with Gasteiger partial charge < -0.3 is 36.5 Å². The number of thioether (sulfide) groups is 1. The molecule has 1 fully saturated rings. The number of likely N-dealkylation sites (tertiary alicyclic amines) is 1. The van der Waals surface area contributed by atoms with Crippen molar-refractivity contribution < 1.29 is 29.4 Å². The first-order chi connectivity index (χ1) is 18.2. The molecule has 4 unspecified atom stereocenters. The molecule has 3 rings (SSSR count). The van der Waals surface area contributed by atoms with Crippen molar-refractivity contribution in [3.63, 3.8) is 0 Å². The van der Waals surface area contributed by atoms with Gasteiger partial charge in [-0.3, -0.25) is 14.4 Å². The Labute approximate surface area is 224 Å². The van der Waals surface area contributed by atoms with E-state index in [9.17, 15) is 29.4 Å². The summed E-state index contributed by atoms with van der Waals surface area (Å²) in [5.41, 5.74) is 7.44. The minimum absolute atomic E-state index is 0.0629. The third-order valence-corrected chi connectivity index (χ3v) is 7.03. The SMILES string of the molecule is CSCCC(NC(=O)C1CCCN1C(=O)C(Cc1ccc(O)cc1)NC(=O)C(N)Cc1cnc[nH]1)C(=O)O. The van der Waals surface area contributed by atoms with Crippen molar-refractivity contribution in [2.45, 2.75) is 56.3 Å². The van der Waals surface area contributed by atoms with Crippen LogP contribution in [-0.2, 0) is 32.0 Å². The number of rotatable bonds is 13. The Hall–Kier alpha value is -3.58. The number of hydrogen-bond acceptors (Lipinski definition) is 8. The largest absolute Gasteiger partial charge is 0.508 e. The van der Waals surface area contributed by atoms with Gasteiger partial charge in [-0.25, -0.2) is 9.78 Å². The molecule has 1 aliphatic heterocycles. The molecule has 4 atom stereocenters. The summed E-state index contributed by atoms with van der Waals surface area (Å²) in [7, 11) is 0. The normalized spacial score (nSPS) is 17.4. The van der Waals surface area contributed by atoms with Crippen LogP contribution >= 0.6 is 11.8 Å². The number of amides is 3. The van der Waals surface area contributed by atoms with Crippen LogP contribution in [-0.4, -0.2) is 91.5 Å². The number of nitrogens with two attached hydrogens (primary N) is 1. The van der Waals surface area contributed by atoms with Crippen LogP contribution in [0.3, 0.4) is 0 Å². The van der Waals surface area contributed by atoms with E-state index in [0.29, 0.717) is 36.4 Å². The van der Waals surface area contributed by atoms with E-state index in [1.165, 1.54) is 35.1 Å².